The van der Waals surface area contributed by atoms with Crippen molar-refractivity contribution in [1.29, 1.82) is 0 Å². The van der Waals surface area contributed by atoms with Gasteiger partial charge in [-0.05, 0) is 62.3 Å². The minimum Gasteiger partial charge on any atom is -0.385 e. The maximum absolute atomic E-state index is 4.95. The van der Waals surface area contributed by atoms with Crippen LogP contribution in [0.3, 0.4) is 0 Å². The summed E-state index contributed by atoms with van der Waals surface area (Å²) in [5, 5.41) is 8.55. The molecular formula is C27H37ClN4. The number of rotatable bonds is 12. The Morgan fingerprint density at radius 3 is 2.16 bits per heavy atom. The first-order valence-corrected chi connectivity index (χ1v) is 12.2. The van der Waals surface area contributed by atoms with E-state index in [1.807, 2.05) is 24.5 Å². The molecule has 0 amide bonds. The zero-order valence-electron chi connectivity index (χ0n) is 19.1. The molecule has 0 radical (unpaired) electrons. The number of benzene rings is 1. The minimum atomic E-state index is 0. The average molecular weight is 453 g/mol. The highest BCUT2D eigenvalue weighted by atomic mass is 35.5. The number of fused-ring (bicyclic) bond motifs is 2. The highest BCUT2D eigenvalue weighted by Crippen LogP contribution is 2.33. The van der Waals surface area contributed by atoms with Crippen LogP contribution in [0.2, 0.25) is 0 Å². The van der Waals surface area contributed by atoms with Crippen LogP contribution in [0.15, 0.2) is 48.8 Å². The number of nitrogens with one attached hydrogen (secondary N) is 2. The van der Waals surface area contributed by atoms with Crippen LogP contribution in [0, 0.1) is 0 Å². The molecule has 0 bridgehead atoms. The monoisotopic (exact) mass is 452 g/mol. The Morgan fingerprint density at radius 1 is 0.719 bits per heavy atom. The van der Waals surface area contributed by atoms with E-state index in [1.54, 1.807) is 0 Å². The number of hydrogen-bond donors (Lipinski definition) is 2. The number of aryl methyl sites for hydroxylation is 1. The zero-order valence-corrected chi connectivity index (χ0v) is 19.9. The third kappa shape index (κ3) is 6.83. The lowest BCUT2D eigenvalue weighted by molar-refractivity contribution is 0.591. The number of halogens is 1. The van der Waals surface area contributed by atoms with E-state index in [9.17, 15) is 0 Å². The summed E-state index contributed by atoms with van der Waals surface area (Å²) in [7, 11) is 0. The SMILES string of the molecule is Cl.c1ccc2c(NCCCCCCCCCNc3ccncc3)c3c(nc2c1)CCCC3. The number of para-hydroxylation sites is 1. The van der Waals surface area contributed by atoms with Crippen molar-refractivity contribution in [3.63, 3.8) is 0 Å². The molecule has 0 unspecified atom stereocenters. The molecule has 1 aliphatic rings. The molecule has 0 spiro atoms. The van der Waals surface area contributed by atoms with Crippen molar-refractivity contribution in [2.75, 3.05) is 23.7 Å². The fourth-order valence-electron chi connectivity index (χ4n) is 4.62. The first-order chi connectivity index (χ1) is 15.4. The second-order valence-electron chi connectivity index (χ2n) is 8.70. The van der Waals surface area contributed by atoms with E-state index in [2.05, 4.69) is 39.9 Å². The summed E-state index contributed by atoms with van der Waals surface area (Å²) >= 11 is 0. The van der Waals surface area contributed by atoms with Crippen molar-refractivity contribution in [2.45, 2.75) is 70.6 Å². The normalized spacial score (nSPS) is 12.8. The molecule has 0 fully saturated rings. The van der Waals surface area contributed by atoms with Gasteiger partial charge in [-0.3, -0.25) is 9.97 Å². The number of unbranched alkanes of at least 4 members (excludes halogenated alkanes) is 6. The Kier molecular flexibility index (Phi) is 10.1. The highest BCUT2D eigenvalue weighted by Gasteiger charge is 2.17. The summed E-state index contributed by atoms with van der Waals surface area (Å²) in [6.45, 7) is 2.12. The van der Waals surface area contributed by atoms with E-state index in [0.717, 1.165) is 25.0 Å². The lowest BCUT2D eigenvalue weighted by Gasteiger charge is -2.21. The zero-order chi connectivity index (χ0) is 21.1. The largest absolute Gasteiger partial charge is 0.385 e. The standard InChI is InChI=1S/C27H36N4.ClH/c1(2-4-10-18-29-22-16-20-28-21-17-22)3-5-11-19-30-27-23-12-6-8-14-25(23)31-26-15-9-7-13-24(26)27;/h6,8,12,14,16-17,20-21H,1-5,7,9-11,13,15,18-19H2,(H,28,29)(H,30,31);1H. The van der Waals surface area contributed by atoms with Gasteiger partial charge in [0.1, 0.15) is 0 Å². The molecule has 4 nitrogen and oxygen atoms in total. The second-order valence-corrected chi connectivity index (χ2v) is 8.70. The average Bonchev–Trinajstić information content (AvgIpc) is 2.82. The van der Waals surface area contributed by atoms with Crippen LogP contribution in [-0.2, 0) is 12.8 Å². The molecule has 32 heavy (non-hydrogen) atoms. The van der Waals surface area contributed by atoms with Crippen LogP contribution in [0.1, 0.15) is 69.0 Å². The summed E-state index contributed by atoms with van der Waals surface area (Å²) < 4.78 is 0. The molecule has 0 saturated heterocycles. The van der Waals surface area contributed by atoms with Crippen molar-refractivity contribution in [3.8, 4) is 0 Å². The van der Waals surface area contributed by atoms with Gasteiger partial charge in [-0.15, -0.1) is 12.4 Å². The molecule has 3 aromatic rings. The van der Waals surface area contributed by atoms with Gasteiger partial charge in [0.2, 0.25) is 0 Å². The van der Waals surface area contributed by atoms with Gasteiger partial charge in [-0.25, -0.2) is 0 Å². The number of anilines is 2. The molecule has 4 rings (SSSR count). The van der Waals surface area contributed by atoms with Gasteiger partial charge in [0.15, 0.2) is 0 Å². The van der Waals surface area contributed by atoms with E-state index in [-0.39, 0.29) is 12.4 Å². The van der Waals surface area contributed by atoms with Gasteiger partial charge in [-0.1, -0.05) is 50.3 Å². The first-order valence-electron chi connectivity index (χ1n) is 12.2. The van der Waals surface area contributed by atoms with Crippen molar-refractivity contribution in [3.05, 3.63) is 60.0 Å². The molecule has 0 saturated carbocycles. The van der Waals surface area contributed by atoms with Crippen LogP contribution < -0.4 is 10.6 Å². The van der Waals surface area contributed by atoms with Crippen LogP contribution in [0.25, 0.3) is 10.9 Å². The van der Waals surface area contributed by atoms with Crippen molar-refractivity contribution in [1.82, 2.24) is 9.97 Å². The minimum absolute atomic E-state index is 0. The van der Waals surface area contributed by atoms with Crippen LogP contribution in [-0.4, -0.2) is 23.1 Å². The van der Waals surface area contributed by atoms with Gasteiger partial charge in [0, 0.05) is 47.9 Å². The van der Waals surface area contributed by atoms with E-state index < -0.39 is 0 Å². The molecule has 2 heterocycles. The molecule has 0 atom stereocenters. The Morgan fingerprint density at radius 2 is 1.38 bits per heavy atom. The summed E-state index contributed by atoms with van der Waals surface area (Å²) in [6.07, 6.45) is 17.7. The maximum Gasteiger partial charge on any atom is 0.0726 e. The molecular weight excluding hydrogens is 416 g/mol. The lowest BCUT2D eigenvalue weighted by Crippen LogP contribution is -2.12. The molecule has 172 valence electrons. The van der Waals surface area contributed by atoms with Crippen LogP contribution in [0.4, 0.5) is 11.4 Å². The van der Waals surface area contributed by atoms with Gasteiger partial charge in [-0.2, -0.15) is 0 Å². The van der Waals surface area contributed by atoms with Gasteiger partial charge >= 0.3 is 0 Å². The fourth-order valence-corrected chi connectivity index (χ4v) is 4.62. The fraction of sp³-hybridized carbons (Fsp3) is 0.481. The summed E-state index contributed by atoms with van der Waals surface area (Å²) in [6, 6.07) is 12.7. The Labute approximate surface area is 199 Å². The molecule has 0 aliphatic heterocycles. The molecule has 2 aromatic heterocycles. The molecule has 5 heteroatoms. The van der Waals surface area contributed by atoms with Gasteiger partial charge in [0.25, 0.3) is 0 Å². The van der Waals surface area contributed by atoms with Crippen molar-refractivity contribution >= 4 is 34.7 Å². The number of pyridine rings is 2. The van der Waals surface area contributed by atoms with E-state index in [0.29, 0.717) is 0 Å². The third-order valence-corrected chi connectivity index (χ3v) is 6.33. The number of nitrogens with zero attached hydrogens (tertiary/aromatic N) is 2. The highest BCUT2D eigenvalue weighted by molar-refractivity contribution is 5.93. The summed E-state index contributed by atoms with van der Waals surface area (Å²) in [4.78, 5) is 8.99. The summed E-state index contributed by atoms with van der Waals surface area (Å²) in [5.74, 6) is 0. The maximum atomic E-state index is 4.95. The lowest BCUT2D eigenvalue weighted by atomic mass is 9.92. The summed E-state index contributed by atoms with van der Waals surface area (Å²) in [5.41, 5.74) is 6.48. The quantitative estimate of drug-likeness (QED) is 0.285. The molecule has 1 aromatic carbocycles. The van der Waals surface area contributed by atoms with E-state index in [4.69, 9.17) is 4.98 Å². The first kappa shape index (κ1) is 24.3. The van der Waals surface area contributed by atoms with E-state index in [1.165, 1.54) is 92.2 Å². The Balaban J connectivity index is 0.00000289. The Bertz CT molecular complexity index is 945. The van der Waals surface area contributed by atoms with Crippen LogP contribution >= 0.6 is 12.4 Å². The van der Waals surface area contributed by atoms with Crippen molar-refractivity contribution in [2.24, 2.45) is 0 Å². The topological polar surface area (TPSA) is 49.8 Å². The predicted octanol–water partition coefficient (Wildman–Crippen LogP) is 7.19. The molecule has 2 N–H and O–H groups in total. The molecule has 1 aliphatic carbocycles. The van der Waals surface area contributed by atoms with Crippen molar-refractivity contribution < 1.29 is 0 Å². The van der Waals surface area contributed by atoms with E-state index >= 15 is 0 Å². The van der Waals surface area contributed by atoms with Gasteiger partial charge in [0.05, 0.1) is 5.52 Å². The smallest absolute Gasteiger partial charge is 0.0726 e. The third-order valence-electron chi connectivity index (χ3n) is 6.33. The number of aromatic nitrogens is 2. The van der Waals surface area contributed by atoms with Gasteiger partial charge < -0.3 is 10.6 Å². The predicted molar refractivity (Wildman–Crippen MR) is 139 cm³/mol. The second kappa shape index (κ2) is 13.3. The van der Waals surface area contributed by atoms with Crippen LogP contribution in [0.5, 0.6) is 0 Å². The number of hydrogen-bond acceptors (Lipinski definition) is 4. The Hall–Kier alpha value is -2.33.